The summed E-state index contributed by atoms with van der Waals surface area (Å²) in [7, 11) is -4.14. The van der Waals surface area contributed by atoms with Crippen molar-refractivity contribution >= 4 is 21.8 Å². The third-order valence-corrected chi connectivity index (χ3v) is 5.79. The molecule has 1 aromatic rings. The molecule has 0 aromatic heterocycles. The second kappa shape index (κ2) is 7.92. The molecule has 0 spiro atoms. The highest BCUT2D eigenvalue weighted by atomic mass is 32.2. The van der Waals surface area contributed by atoms with Gasteiger partial charge in [0.25, 0.3) is 5.91 Å². The molecule has 1 aliphatic rings. The Balaban J connectivity index is 2.10. The first-order valence-corrected chi connectivity index (χ1v) is 9.52. The minimum Gasteiger partial charge on any atom is -0.273 e. The molecular formula is C16H22FN3O4S. The minimum absolute atomic E-state index is 0.120. The van der Waals surface area contributed by atoms with E-state index in [1.165, 1.54) is 18.2 Å². The number of hydrogen-bond donors (Lipinski definition) is 2. The molecule has 0 aliphatic carbocycles. The summed E-state index contributed by atoms with van der Waals surface area (Å²) in [6, 6.07) is 4.07. The van der Waals surface area contributed by atoms with E-state index >= 15 is 0 Å². The number of sulfonamides is 1. The van der Waals surface area contributed by atoms with E-state index in [9.17, 15) is 22.4 Å². The first-order chi connectivity index (χ1) is 11.7. The van der Waals surface area contributed by atoms with Crippen LogP contribution in [0.3, 0.4) is 0 Å². The van der Waals surface area contributed by atoms with Crippen LogP contribution in [-0.4, -0.2) is 37.1 Å². The van der Waals surface area contributed by atoms with Gasteiger partial charge in [-0.05, 0) is 30.9 Å². The number of rotatable bonds is 5. The molecule has 1 saturated heterocycles. The van der Waals surface area contributed by atoms with Crippen molar-refractivity contribution in [3.63, 3.8) is 0 Å². The van der Waals surface area contributed by atoms with Gasteiger partial charge < -0.3 is 0 Å². The van der Waals surface area contributed by atoms with Gasteiger partial charge >= 0.3 is 0 Å². The maximum absolute atomic E-state index is 13.9. The number of carbonyl (C=O) groups excluding carboxylic acids is 2. The van der Waals surface area contributed by atoms with Crippen molar-refractivity contribution in [2.24, 2.45) is 5.92 Å². The maximum atomic E-state index is 13.9. The number of amides is 2. The van der Waals surface area contributed by atoms with E-state index in [2.05, 4.69) is 10.9 Å². The maximum Gasteiger partial charge on any atom is 0.256 e. The Bertz CT molecular complexity index is 752. The van der Waals surface area contributed by atoms with Crippen molar-refractivity contribution in [1.29, 1.82) is 0 Å². The van der Waals surface area contributed by atoms with Gasteiger partial charge in [0.2, 0.25) is 15.9 Å². The van der Waals surface area contributed by atoms with Crippen molar-refractivity contribution in [1.82, 2.24) is 15.2 Å². The van der Waals surface area contributed by atoms with Gasteiger partial charge in [-0.2, -0.15) is 4.31 Å². The first-order valence-electron chi connectivity index (χ1n) is 8.08. The average Bonchev–Trinajstić information content (AvgIpc) is 3.02. The van der Waals surface area contributed by atoms with Crippen LogP contribution in [0, 0.1) is 11.7 Å². The van der Waals surface area contributed by atoms with Crippen molar-refractivity contribution in [2.45, 2.75) is 44.0 Å². The van der Waals surface area contributed by atoms with Gasteiger partial charge in [-0.1, -0.05) is 26.0 Å². The molecule has 7 nitrogen and oxygen atoms in total. The van der Waals surface area contributed by atoms with Crippen molar-refractivity contribution < 1.29 is 22.4 Å². The molecule has 0 radical (unpaired) electrons. The Morgan fingerprint density at radius 1 is 1.28 bits per heavy atom. The van der Waals surface area contributed by atoms with E-state index in [1.807, 2.05) is 13.8 Å². The predicted octanol–water partition coefficient (Wildman–Crippen LogP) is 1.17. The first kappa shape index (κ1) is 19.3. The molecule has 1 atom stereocenters. The highest BCUT2D eigenvalue weighted by Gasteiger charge is 2.40. The van der Waals surface area contributed by atoms with E-state index < -0.39 is 32.7 Å². The molecule has 1 aliphatic heterocycles. The van der Waals surface area contributed by atoms with Gasteiger partial charge in [0.15, 0.2) is 0 Å². The van der Waals surface area contributed by atoms with Gasteiger partial charge in [-0.15, -0.1) is 0 Å². The minimum atomic E-state index is -4.14. The molecule has 1 heterocycles. The number of hydrazine groups is 1. The highest BCUT2D eigenvalue weighted by Crippen LogP contribution is 2.27. The van der Waals surface area contributed by atoms with E-state index in [1.54, 1.807) is 0 Å². The smallest absolute Gasteiger partial charge is 0.256 e. The topological polar surface area (TPSA) is 95.6 Å². The fourth-order valence-corrected chi connectivity index (χ4v) is 4.43. The standard InChI is InChI=1S/C16H22FN3O4S/c1-11(2)10-15(21)18-19-16(22)13-7-5-9-20(13)25(23,24)14-8-4-3-6-12(14)17/h3-4,6,8,11,13H,5,7,9-10H2,1-2H3,(H,18,21)(H,19,22)/t13-/m0/s1. The van der Waals surface area contributed by atoms with E-state index in [0.29, 0.717) is 12.8 Å². The Labute approximate surface area is 146 Å². The zero-order chi connectivity index (χ0) is 18.6. The summed E-state index contributed by atoms with van der Waals surface area (Å²) in [5.41, 5.74) is 4.54. The lowest BCUT2D eigenvalue weighted by atomic mass is 10.1. The average molecular weight is 371 g/mol. The van der Waals surface area contributed by atoms with Gasteiger partial charge in [0.1, 0.15) is 16.8 Å². The largest absolute Gasteiger partial charge is 0.273 e. The summed E-state index contributed by atoms with van der Waals surface area (Å²) >= 11 is 0. The number of halogens is 1. The molecule has 0 unspecified atom stereocenters. The van der Waals surface area contributed by atoms with Gasteiger partial charge in [0, 0.05) is 13.0 Å². The normalized spacial score (nSPS) is 18.3. The molecule has 2 rings (SSSR count). The number of carbonyl (C=O) groups is 2. The SMILES string of the molecule is CC(C)CC(=O)NNC(=O)[C@@H]1CCCN1S(=O)(=O)c1ccccc1F. The summed E-state index contributed by atoms with van der Waals surface area (Å²) in [4.78, 5) is 23.4. The number of nitrogens with zero attached hydrogens (tertiary/aromatic N) is 1. The Kier molecular flexibility index (Phi) is 6.12. The zero-order valence-electron chi connectivity index (χ0n) is 14.2. The van der Waals surface area contributed by atoms with Crippen LogP contribution in [0.2, 0.25) is 0 Å². The molecule has 1 fully saturated rings. The van der Waals surface area contributed by atoms with E-state index in [4.69, 9.17) is 0 Å². The van der Waals surface area contributed by atoms with Crippen LogP contribution in [0.5, 0.6) is 0 Å². The monoisotopic (exact) mass is 371 g/mol. The van der Waals surface area contributed by atoms with E-state index in [0.717, 1.165) is 10.4 Å². The van der Waals surface area contributed by atoms with Crippen LogP contribution in [0.4, 0.5) is 4.39 Å². The Morgan fingerprint density at radius 3 is 2.60 bits per heavy atom. The molecule has 2 N–H and O–H groups in total. The Morgan fingerprint density at radius 2 is 1.96 bits per heavy atom. The third-order valence-electron chi connectivity index (χ3n) is 3.85. The summed E-state index contributed by atoms with van der Waals surface area (Å²) in [6.45, 7) is 3.84. The summed E-state index contributed by atoms with van der Waals surface area (Å²) in [5, 5.41) is 0. The molecule has 0 bridgehead atoms. The van der Waals surface area contributed by atoms with Crippen LogP contribution >= 0.6 is 0 Å². The zero-order valence-corrected chi connectivity index (χ0v) is 15.0. The number of benzene rings is 1. The van der Waals surface area contributed by atoms with E-state index in [-0.39, 0.29) is 24.8 Å². The van der Waals surface area contributed by atoms with Gasteiger partial charge in [0.05, 0.1) is 0 Å². The molecule has 9 heteroatoms. The molecule has 138 valence electrons. The number of nitrogens with one attached hydrogen (secondary N) is 2. The lowest BCUT2D eigenvalue weighted by molar-refractivity contribution is -0.131. The quantitative estimate of drug-likeness (QED) is 0.760. The second-order valence-corrected chi connectivity index (χ2v) is 8.20. The molecule has 0 saturated carbocycles. The van der Waals surface area contributed by atoms with Crippen LogP contribution in [0.1, 0.15) is 33.1 Å². The summed E-state index contributed by atoms with van der Waals surface area (Å²) in [5.74, 6) is -1.72. The second-order valence-electron chi connectivity index (χ2n) is 6.34. The van der Waals surface area contributed by atoms with Crippen LogP contribution in [0.15, 0.2) is 29.2 Å². The molecule has 1 aromatic carbocycles. The van der Waals surface area contributed by atoms with Crippen LogP contribution in [-0.2, 0) is 19.6 Å². The number of hydrogen-bond acceptors (Lipinski definition) is 4. The summed E-state index contributed by atoms with van der Waals surface area (Å²) in [6.07, 6.45) is 1.02. The van der Waals surface area contributed by atoms with Crippen molar-refractivity contribution in [3.8, 4) is 0 Å². The van der Waals surface area contributed by atoms with Crippen molar-refractivity contribution in [3.05, 3.63) is 30.1 Å². The summed E-state index contributed by atoms with van der Waals surface area (Å²) < 4.78 is 40.2. The van der Waals surface area contributed by atoms with Crippen LogP contribution in [0.25, 0.3) is 0 Å². The fourth-order valence-electron chi connectivity index (χ4n) is 2.71. The Hall–Kier alpha value is -2.00. The van der Waals surface area contributed by atoms with Gasteiger partial charge in [-0.3, -0.25) is 20.4 Å². The van der Waals surface area contributed by atoms with Crippen LogP contribution < -0.4 is 10.9 Å². The lowest BCUT2D eigenvalue weighted by Gasteiger charge is -2.23. The molecule has 25 heavy (non-hydrogen) atoms. The fraction of sp³-hybridized carbons (Fsp3) is 0.500. The van der Waals surface area contributed by atoms with Crippen molar-refractivity contribution in [2.75, 3.05) is 6.54 Å². The third kappa shape index (κ3) is 4.55. The van der Waals surface area contributed by atoms with Gasteiger partial charge in [-0.25, -0.2) is 12.8 Å². The molecule has 2 amide bonds. The lowest BCUT2D eigenvalue weighted by Crippen LogP contribution is -2.51. The predicted molar refractivity (Wildman–Crippen MR) is 89.1 cm³/mol. The molecular weight excluding hydrogens is 349 g/mol. The highest BCUT2D eigenvalue weighted by molar-refractivity contribution is 7.89.